The Bertz CT molecular complexity index is 703. The highest BCUT2D eigenvalue weighted by Gasteiger charge is 2.15. The number of hydrogen-bond acceptors (Lipinski definition) is 2. The Balaban J connectivity index is 1.73. The zero-order valence-electron chi connectivity index (χ0n) is 11.2. The quantitative estimate of drug-likeness (QED) is 0.932. The van der Waals surface area contributed by atoms with Gasteiger partial charge >= 0.3 is 0 Å². The Morgan fingerprint density at radius 3 is 2.86 bits per heavy atom. The van der Waals surface area contributed by atoms with E-state index in [1.807, 2.05) is 12.1 Å². The van der Waals surface area contributed by atoms with Crippen LogP contribution in [0.15, 0.2) is 36.4 Å². The summed E-state index contributed by atoms with van der Waals surface area (Å²) >= 11 is 5.71. The van der Waals surface area contributed by atoms with E-state index >= 15 is 0 Å². The number of nitrogens with one attached hydrogen (secondary N) is 1. The van der Waals surface area contributed by atoms with Crippen LogP contribution in [0.1, 0.15) is 17.5 Å². The van der Waals surface area contributed by atoms with Crippen LogP contribution in [0.5, 0.6) is 5.75 Å². The predicted octanol–water partition coefficient (Wildman–Crippen LogP) is 3.94. The summed E-state index contributed by atoms with van der Waals surface area (Å²) in [7, 11) is 0. The van der Waals surface area contributed by atoms with Gasteiger partial charge in [0.2, 0.25) is 5.91 Å². The SMILES string of the molecule is O=C1CCc2ccc(OCc3ccc(Cl)cc3F)cc2N1. The van der Waals surface area contributed by atoms with Crippen molar-refractivity contribution in [2.24, 2.45) is 0 Å². The van der Waals surface area contributed by atoms with Crippen LogP contribution in [-0.2, 0) is 17.8 Å². The van der Waals surface area contributed by atoms with Gasteiger partial charge in [-0.1, -0.05) is 23.7 Å². The lowest BCUT2D eigenvalue weighted by atomic mass is 10.0. The molecular formula is C16H13ClFNO2. The molecule has 1 aliphatic rings. The number of hydrogen-bond donors (Lipinski definition) is 1. The number of fused-ring (bicyclic) bond motifs is 1. The van der Waals surface area contributed by atoms with Crippen molar-refractivity contribution >= 4 is 23.2 Å². The van der Waals surface area contributed by atoms with Crippen molar-refractivity contribution in [2.75, 3.05) is 5.32 Å². The first-order valence-electron chi connectivity index (χ1n) is 6.61. The lowest BCUT2D eigenvalue weighted by molar-refractivity contribution is -0.116. The maximum Gasteiger partial charge on any atom is 0.224 e. The Kier molecular flexibility index (Phi) is 3.80. The highest BCUT2D eigenvalue weighted by Crippen LogP contribution is 2.27. The molecule has 0 saturated heterocycles. The van der Waals surface area contributed by atoms with Gasteiger partial charge in [-0.05, 0) is 30.2 Å². The van der Waals surface area contributed by atoms with Gasteiger partial charge in [-0.25, -0.2) is 4.39 Å². The van der Waals surface area contributed by atoms with Crippen molar-refractivity contribution in [3.05, 3.63) is 58.4 Å². The third kappa shape index (κ3) is 3.16. The molecule has 0 spiro atoms. The zero-order valence-corrected chi connectivity index (χ0v) is 11.9. The van der Waals surface area contributed by atoms with Gasteiger partial charge < -0.3 is 10.1 Å². The average molecular weight is 306 g/mol. The normalized spacial score (nSPS) is 13.5. The van der Waals surface area contributed by atoms with E-state index in [0.717, 1.165) is 17.7 Å². The molecule has 1 heterocycles. The van der Waals surface area contributed by atoms with E-state index in [2.05, 4.69) is 5.32 Å². The summed E-state index contributed by atoms with van der Waals surface area (Å²) in [6.07, 6.45) is 1.23. The summed E-state index contributed by atoms with van der Waals surface area (Å²) in [4.78, 5) is 11.4. The van der Waals surface area contributed by atoms with E-state index in [1.165, 1.54) is 6.07 Å². The summed E-state index contributed by atoms with van der Waals surface area (Å²) < 4.78 is 19.2. The molecule has 0 aliphatic carbocycles. The van der Waals surface area contributed by atoms with Crippen molar-refractivity contribution in [1.82, 2.24) is 0 Å². The fourth-order valence-electron chi connectivity index (χ4n) is 2.24. The van der Waals surface area contributed by atoms with Crippen molar-refractivity contribution in [1.29, 1.82) is 0 Å². The molecule has 5 heteroatoms. The van der Waals surface area contributed by atoms with E-state index in [1.54, 1.807) is 18.2 Å². The van der Waals surface area contributed by atoms with Crippen LogP contribution >= 0.6 is 11.6 Å². The summed E-state index contributed by atoms with van der Waals surface area (Å²) in [5.41, 5.74) is 2.28. The fourth-order valence-corrected chi connectivity index (χ4v) is 2.40. The molecule has 0 aromatic heterocycles. The highest BCUT2D eigenvalue weighted by molar-refractivity contribution is 6.30. The molecule has 2 aromatic rings. The van der Waals surface area contributed by atoms with Crippen LogP contribution in [0.2, 0.25) is 5.02 Å². The number of ether oxygens (including phenoxy) is 1. The molecule has 0 fully saturated rings. The first-order valence-corrected chi connectivity index (χ1v) is 6.99. The molecule has 3 rings (SSSR count). The van der Waals surface area contributed by atoms with Crippen molar-refractivity contribution in [3.63, 3.8) is 0 Å². The number of carbonyl (C=O) groups excluding carboxylic acids is 1. The molecular weight excluding hydrogens is 293 g/mol. The Morgan fingerprint density at radius 1 is 1.19 bits per heavy atom. The summed E-state index contributed by atoms with van der Waals surface area (Å²) in [6, 6.07) is 9.98. The average Bonchev–Trinajstić information content (AvgIpc) is 2.46. The van der Waals surface area contributed by atoms with Gasteiger partial charge in [-0.15, -0.1) is 0 Å². The van der Waals surface area contributed by atoms with Crippen LogP contribution in [0.4, 0.5) is 10.1 Å². The summed E-state index contributed by atoms with van der Waals surface area (Å²) in [6.45, 7) is 0.107. The minimum absolute atomic E-state index is 0.00314. The number of aryl methyl sites for hydroxylation is 1. The molecule has 2 aromatic carbocycles. The molecule has 0 radical (unpaired) electrons. The van der Waals surface area contributed by atoms with Crippen molar-refractivity contribution < 1.29 is 13.9 Å². The van der Waals surface area contributed by atoms with Crippen LogP contribution in [0, 0.1) is 5.82 Å². The molecule has 1 amide bonds. The van der Waals surface area contributed by atoms with Gasteiger partial charge in [0, 0.05) is 28.8 Å². The van der Waals surface area contributed by atoms with E-state index < -0.39 is 5.82 Å². The molecule has 21 heavy (non-hydrogen) atoms. The van der Waals surface area contributed by atoms with E-state index in [-0.39, 0.29) is 12.5 Å². The minimum Gasteiger partial charge on any atom is -0.489 e. The first-order chi connectivity index (χ1) is 10.1. The fraction of sp³-hybridized carbons (Fsp3) is 0.188. The molecule has 1 N–H and O–H groups in total. The molecule has 0 bridgehead atoms. The van der Waals surface area contributed by atoms with E-state index in [9.17, 15) is 9.18 Å². The monoisotopic (exact) mass is 305 g/mol. The first kappa shape index (κ1) is 13.9. The van der Waals surface area contributed by atoms with Gasteiger partial charge in [0.25, 0.3) is 0 Å². The second-order valence-electron chi connectivity index (χ2n) is 4.89. The number of halogens is 2. The largest absolute Gasteiger partial charge is 0.489 e. The Labute approximate surface area is 126 Å². The zero-order chi connectivity index (χ0) is 14.8. The molecule has 0 unspecified atom stereocenters. The number of anilines is 1. The van der Waals surface area contributed by atoms with Crippen LogP contribution in [0.25, 0.3) is 0 Å². The van der Waals surface area contributed by atoms with E-state index in [0.29, 0.717) is 22.8 Å². The Hall–Kier alpha value is -2.07. The van der Waals surface area contributed by atoms with Gasteiger partial charge in [-0.3, -0.25) is 4.79 Å². The highest BCUT2D eigenvalue weighted by atomic mass is 35.5. The number of benzene rings is 2. The van der Waals surface area contributed by atoms with Gasteiger partial charge in [0.15, 0.2) is 0 Å². The van der Waals surface area contributed by atoms with Crippen molar-refractivity contribution in [2.45, 2.75) is 19.4 Å². The summed E-state index contributed by atoms with van der Waals surface area (Å²) in [5.74, 6) is 0.197. The smallest absolute Gasteiger partial charge is 0.224 e. The van der Waals surface area contributed by atoms with Gasteiger partial charge in [-0.2, -0.15) is 0 Å². The summed E-state index contributed by atoms with van der Waals surface area (Å²) in [5, 5.41) is 3.16. The molecule has 0 atom stereocenters. The number of rotatable bonds is 3. The molecule has 3 nitrogen and oxygen atoms in total. The third-order valence-electron chi connectivity index (χ3n) is 3.39. The minimum atomic E-state index is -0.395. The Morgan fingerprint density at radius 2 is 2.05 bits per heavy atom. The second kappa shape index (κ2) is 5.74. The third-order valence-corrected chi connectivity index (χ3v) is 3.62. The lowest BCUT2D eigenvalue weighted by Crippen LogP contribution is -2.18. The van der Waals surface area contributed by atoms with E-state index in [4.69, 9.17) is 16.3 Å². The van der Waals surface area contributed by atoms with Crippen molar-refractivity contribution in [3.8, 4) is 5.75 Å². The molecule has 1 aliphatic heterocycles. The maximum absolute atomic E-state index is 13.7. The molecule has 108 valence electrons. The van der Waals surface area contributed by atoms with Gasteiger partial charge in [0.05, 0.1) is 0 Å². The standard InChI is InChI=1S/C16H13ClFNO2/c17-12-4-1-11(14(18)7-12)9-21-13-5-2-10-3-6-16(20)19-15(10)8-13/h1-2,4-5,7-8H,3,6,9H2,(H,19,20). The molecule has 0 saturated carbocycles. The van der Waals surface area contributed by atoms with Crippen LogP contribution in [0.3, 0.4) is 0 Å². The van der Waals surface area contributed by atoms with Crippen LogP contribution < -0.4 is 10.1 Å². The second-order valence-corrected chi connectivity index (χ2v) is 5.33. The topological polar surface area (TPSA) is 38.3 Å². The maximum atomic E-state index is 13.7. The number of amides is 1. The van der Waals surface area contributed by atoms with Gasteiger partial charge in [0.1, 0.15) is 18.2 Å². The lowest BCUT2D eigenvalue weighted by Gasteiger charge is -2.17. The number of carbonyl (C=O) groups is 1. The predicted molar refractivity (Wildman–Crippen MR) is 79.1 cm³/mol. The van der Waals surface area contributed by atoms with Crippen LogP contribution in [-0.4, -0.2) is 5.91 Å².